The largest absolute Gasteiger partial charge is 0.429 e. The van der Waals surface area contributed by atoms with Crippen LogP contribution >= 0.6 is 0 Å². The molecular formula is C30H18F8O. The number of halogens is 8. The van der Waals surface area contributed by atoms with Gasteiger partial charge in [-0.25, -0.2) is 26.3 Å². The first-order valence-electron chi connectivity index (χ1n) is 11.8. The molecule has 9 heteroatoms. The molecule has 0 aliphatic carbocycles. The average molecular weight is 546 g/mol. The van der Waals surface area contributed by atoms with E-state index in [0.717, 1.165) is 12.1 Å². The molecule has 0 saturated carbocycles. The van der Waals surface area contributed by atoms with E-state index >= 15 is 4.39 Å². The zero-order valence-corrected chi connectivity index (χ0v) is 20.2. The molecule has 39 heavy (non-hydrogen) atoms. The number of hydrogen-bond acceptors (Lipinski definition) is 1. The van der Waals surface area contributed by atoms with E-state index in [4.69, 9.17) is 0 Å². The highest BCUT2D eigenvalue weighted by Gasteiger charge is 2.35. The van der Waals surface area contributed by atoms with Crippen LogP contribution < -0.4 is 4.74 Å². The van der Waals surface area contributed by atoms with Crippen molar-refractivity contribution in [1.29, 1.82) is 0 Å². The molecule has 0 heterocycles. The average Bonchev–Trinajstić information content (AvgIpc) is 2.89. The summed E-state index contributed by atoms with van der Waals surface area (Å²) in [5, 5.41) is 0.437. The monoisotopic (exact) mass is 546 g/mol. The molecule has 0 aromatic heterocycles. The summed E-state index contributed by atoms with van der Waals surface area (Å²) in [5.41, 5.74) is -0.215. The summed E-state index contributed by atoms with van der Waals surface area (Å²) in [6, 6.07) is 12.7. The maximum atomic E-state index is 15.4. The summed E-state index contributed by atoms with van der Waals surface area (Å²) in [7, 11) is 0. The maximum Gasteiger partial charge on any atom is 0.426 e. The molecule has 0 unspecified atom stereocenters. The van der Waals surface area contributed by atoms with Gasteiger partial charge in [-0.3, -0.25) is 0 Å². The van der Waals surface area contributed by atoms with Crippen LogP contribution in [0.2, 0.25) is 0 Å². The van der Waals surface area contributed by atoms with Gasteiger partial charge < -0.3 is 4.74 Å². The van der Waals surface area contributed by atoms with Crippen LogP contribution in [0.25, 0.3) is 32.7 Å². The van der Waals surface area contributed by atoms with E-state index in [1.807, 2.05) is 6.92 Å². The Labute approximate surface area is 217 Å². The molecule has 5 rings (SSSR count). The highest BCUT2D eigenvalue weighted by Crippen LogP contribution is 2.37. The third-order valence-electron chi connectivity index (χ3n) is 6.41. The van der Waals surface area contributed by atoms with E-state index in [0.29, 0.717) is 41.3 Å². The van der Waals surface area contributed by atoms with Crippen molar-refractivity contribution in [1.82, 2.24) is 0 Å². The van der Waals surface area contributed by atoms with Gasteiger partial charge >= 0.3 is 6.11 Å². The van der Waals surface area contributed by atoms with E-state index in [9.17, 15) is 30.7 Å². The number of rotatable bonds is 6. The van der Waals surface area contributed by atoms with E-state index < -0.39 is 57.7 Å². The molecule has 0 spiro atoms. The molecule has 5 aromatic carbocycles. The molecule has 0 aliphatic rings. The van der Waals surface area contributed by atoms with Gasteiger partial charge in [-0.2, -0.15) is 8.78 Å². The molecule has 0 N–H and O–H groups in total. The molecule has 200 valence electrons. The number of fused-ring (bicyclic) bond motifs is 2. The number of alkyl halides is 2. The Morgan fingerprint density at radius 2 is 1.28 bits per heavy atom. The quantitative estimate of drug-likeness (QED) is 0.152. The fourth-order valence-electron chi connectivity index (χ4n) is 4.50. The van der Waals surface area contributed by atoms with Gasteiger partial charge in [-0.05, 0) is 58.0 Å². The lowest BCUT2D eigenvalue weighted by Crippen LogP contribution is -2.22. The second-order valence-corrected chi connectivity index (χ2v) is 9.04. The van der Waals surface area contributed by atoms with Crippen LogP contribution in [-0.4, -0.2) is 0 Å². The minimum atomic E-state index is -4.04. The van der Waals surface area contributed by atoms with Gasteiger partial charge in [0.25, 0.3) is 0 Å². The van der Waals surface area contributed by atoms with E-state index in [1.54, 1.807) is 0 Å². The van der Waals surface area contributed by atoms with Crippen LogP contribution in [0.5, 0.6) is 5.75 Å². The summed E-state index contributed by atoms with van der Waals surface area (Å²) in [6.07, 6.45) is -3.15. The van der Waals surface area contributed by atoms with Crippen LogP contribution in [0.1, 0.15) is 24.5 Å². The zero-order valence-electron chi connectivity index (χ0n) is 20.2. The Hall–Kier alpha value is -4.14. The fraction of sp³-hybridized carbons (Fsp3) is 0.133. The second kappa shape index (κ2) is 9.87. The molecule has 0 saturated heterocycles. The van der Waals surface area contributed by atoms with Crippen LogP contribution in [0.3, 0.4) is 0 Å². The molecule has 0 aliphatic heterocycles. The number of hydrogen-bond donors (Lipinski definition) is 0. The van der Waals surface area contributed by atoms with Gasteiger partial charge in [0.15, 0.2) is 29.1 Å². The zero-order chi connectivity index (χ0) is 28.1. The molecular weight excluding hydrogens is 528 g/mol. The third kappa shape index (κ3) is 4.77. The molecule has 1 nitrogen and oxygen atoms in total. The first-order chi connectivity index (χ1) is 18.5. The Balaban J connectivity index is 1.50. The Morgan fingerprint density at radius 1 is 0.641 bits per heavy atom. The summed E-state index contributed by atoms with van der Waals surface area (Å²) in [4.78, 5) is 0. The normalized spacial score (nSPS) is 11.9. The summed E-state index contributed by atoms with van der Waals surface area (Å²) in [5.74, 6) is -9.42. The van der Waals surface area contributed by atoms with Crippen molar-refractivity contribution in [2.45, 2.75) is 25.9 Å². The van der Waals surface area contributed by atoms with Crippen LogP contribution in [0.4, 0.5) is 35.1 Å². The predicted octanol–water partition coefficient (Wildman–Crippen LogP) is 9.58. The Morgan fingerprint density at radius 3 is 1.97 bits per heavy atom. The van der Waals surface area contributed by atoms with Gasteiger partial charge in [0.05, 0.1) is 10.9 Å². The molecule has 0 fully saturated rings. The van der Waals surface area contributed by atoms with Gasteiger partial charge in [-0.15, -0.1) is 0 Å². The number of aryl methyl sites for hydroxylation is 1. The lowest BCUT2D eigenvalue weighted by molar-refractivity contribution is -0.185. The van der Waals surface area contributed by atoms with E-state index in [2.05, 4.69) is 4.74 Å². The van der Waals surface area contributed by atoms with Crippen LogP contribution in [0.15, 0.2) is 66.7 Å². The second-order valence-electron chi connectivity index (χ2n) is 9.04. The van der Waals surface area contributed by atoms with E-state index in [-0.39, 0.29) is 16.5 Å². The smallest absolute Gasteiger partial charge is 0.426 e. The highest BCUT2D eigenvalue weighted by atomic mass is 19.3. The van der Waals surface area contributed by atoms with Crippen molar-refractivity contribution in [2.75, 3.05) is 0 Å². The van der Waals surface area contributed by atoms with Crippen molar-refractivity contribution in [2.24, 2.45) is 0 Å². The molecule has 0 radical (unpaired) electrons. The summed E-state index contributed by atoms with van der Waals surface area (Å²) < 4.78 is 119. The maximum absolute atomic E-state index is 15.4. The first kappa shape index (κ1) is 26.5. The standard InChI is InChI=1S/C30H18F8O/c1-2-3-19-11-18-7-9-22(27(34)25(18)29(36)26(19)33)17-5-4-16-12-20(8-6-15(16)10-17)30(37,38)39-21-13-23(31)28(35)24(32)14-21/h4-14H,2-3H2,1H3. The highest BCUT2D eigenvalue weighted by molar-refractivity contribution is 5.92. The van der Waals surface area contributed by atoms with Gasteiger partial charge in [0, 0.05) is 17.7 Å². The van der Waals surface area contributed by atoms with Crippen LogP contribution in [-0.2, 0) is 12.5 Å². The van der Waals surface area contributed by atoms with Crippen LogP contribution in [0, 0.1) is 34.9 Å². The topological polar surface area (TPSA) is 9.23 Å². The predicted molar refractivity (Wildman–Crippen MR) is 132 cm³/mol. The Bertz CT molecular complexity index is 1720. The molecule has 5 aromatic rings. The first-order valence-corrected chi connectivity index (χ1v) is 11.8. The minimum Gasteiger partial charge on any atom is -0.429 e. The van der Waals surface area contributed by atoms with E-state index in [1.165, 1.54) is 42.5 Å². The van der Waals surface area contributed by atoms with Crippen molar-refractivity contribution >= 4 is 21.5 Å². The van der Waals surface area contributed by atoms with Crippen molar-refractivity contribution in [3.63, 3.8) is 0 Å². The lowest BCUT2D eigenvalue weighted by atomic mass is 9.95. The van der Waals surface area contributed by atoms with Crippen molar-refractivity contribution < 1.29 is 39.9 Å². The molecule has 0 amide bonds. The number of ether oxygens (including phenoxy) is 1. The number of benzene rings is 5. The minimum absolute atomic E-state index is 0.0101. The van der Waals surface area contributed by atoms with Gasteiger partial charge in [-0.1, -0.05) is 43.7 Å². The van der Waals surface area contributed by atoms with Crippen molar-refractivity contribution in [3.05, 3.63) is 113 Å². The van der Waals surface area contributed by atoms with Crippen molar-refractivity contribution in [3.8, 4) is 16.9 Å². The SMILES string of the molecule is CCCc1cc2ccc(-c3ccc4cc(C(F)(F)Oc5cc(F)c(F)c(F)c5)ccc4c3)c(F)c2c(F)c1F. The van der Waals surface area contributed by atoms with Gasteiger partial charge in [0.1, 0.15) is 11.6 Å². The lowest BCUT2D eigenvalue weighted by Gasteiger charge is -2.19. The Kier molecular flexibility index (Phi) is 6.70. The summed E-state index contributed by atoms with van der Waals surface area (Å²) in [6.45, 7) is 1.82. The van der Waals surface area contributed by atoms with Gasteiger partial charge in [0.2, 0.25) is 0 Å². The third-order valence-corrected chi connectivity index (χ3v) is 6.41. The molecule has 0 atom stereocenters. The molecule has 0 bridgehead atoms. The summed E-state index contributed by atoms with van der Waals surface area (Å²) >= 11 is 0. The fourth-order valence-corrected chi connectivity index (χ4v) is 4.50.